The third-order valence-corrected chi connectivity index (χ3v) is 6.98. The van der Waals surface area contributed by atoms with E-state index in [9.17, 15) is 4.79 Å². The summed E-state index contributed by atoms with van der Waals surface area (Å²) in [4.78, 5) is 16.9. The number of amides is 1. The second-order valence-electron chi connectivity index (χ2n) is 8.77. The van der Waals surface area contributed by atoms with Crippen LogP contribution in [-0.4, -0.2) is 43.7 Å². The van der Waals surface area contributed by atoms with Crippen LogP contribution in [0.5, 0.6) is 5.75 Å². The summed E-state index contributed by atoms with van der Waals surface area (Å²) in [7, 11) is 0. The fourth-order valence-electron chi connectivity index (χ4n) is 4.04. The van der Waals surface area contributed by atoms with Gasteiger partial charge in [0.2, 0.25) is 0 Å². The van der Waals surface area contributed by atoms with E-state index in [2.05, 4.69) is 50.0 Å². The monoisotopic (exact) mass is 548 g/mol. The van der Waals surface area contributed by atoms with Crippen molar-refractivity contribution in [1.29, 1.82) is 0 Å². The number of aromatic nitrogens is 4. The zero-order valence-corrected chi connectivity index (χ0v) is 23.0. The van der Waals surface area contributed by atoms with E-state index in [0.29, 0.717) is 17.6 Å². The number of rotatable bonds is 10. The quantitative estimate of drug-likeness (QED) is 0.130. The van der Waals surface area contributed by atoms with Gasteiger partial charge < -0.3 is 4.74 Å². The van der Waals surface area contributed by atoms with E-state index in [-0.39, 0.29) is 11.7 Å². The molecule has 0 atom stereocenters. The Bertz CT molecular complexity index is 1590. The molecule has 1 amide bonds. The number of carbonyl (C=O) groups excluding carboxylic acids is 1. The van der Waals surface area contributed by atoms with Gasteiger partial charge in [-0.2, -0.15) is 5.10 Å². The molecule has 0 aliphatic heterocycles. The lowest BCUT2D eigenvalue weighted by Crippen LogP contribution is -2.21. The second kappa shape index (κ2) is 12.9. The number of pyridine rings is 1. The molecule has 1 N–H and O–H groups in total. The van der Waals surface area contributed by atoms with Crippen molar-refractivity contribution in [3.8, 4) is 34.0 Å². The van der Waals surface area contributed by atoms with Gasteiger partial charge >= 0.3 is 0 Å². The maximum absolute atomic E-state index is 12.7. The Hall–Kier alpha value is -4.76. The predicted octanol–water partition coefficient (Wildman–Crippen LogP) is 6.03. The van der Waals surface area contributed by atoms with E-state index in [4.69, 9.17) is 4.74 Å². The van der Waals surface area contributed by atoms with Crippen LogP contribution in [0.1, 0.15) is 19.4 Å². The SMILES string of the molecule is CCOc1ccc(-n2c(SCC(=O)NN=C(C)c3ccc(-c4ccccc4)cc3)nnc2-c2cccnc2)cc1. The molecule has 8 nitrogen and oxygen atoms in total. The molecule has 0 saturated heterocycles. The average molecular weight is 549 g/mol. The van der Waals surface area contributed by atoms with Gasteiger partial charge in [0.05, 0.1) is 18.1 Å². The molecular weight excluding hydrogens is 520 g/mol. The molecule has 0 unspecified atom stereocenters. The summed E-state index contributed by atoms with van der Waals surface area (Å²) in [6, 6.07) is 29.7. The van der Waals surface area contributed by atoms with Gasteiger partial charge in [-0.1, -0.05) is 66.4 Å². The number of nitrogens with zero attached hydrogens (tertiary/aromatic N) is 5. The molecule has 2 heterocycles. The topological polar surface area (TPSA) is 94.3 Å². The van der Waals surface area contributed by atoms with Crippen molar-refractivity contribution in [2.45, 2.75) is 19.0 Å². The van der Waals surface area contributed by atoms with Crippen LogP contribution in [0.4, 0.5) is 0 Å². The Kier molecular flexibility index (Phi) is 8.63. The van der Waals surface area contributed by atoms with Crippen LogP contribution in [0.25, 0.3) is 28.2 Å². The molecule has 0 radical (unpaired) electrons. The van der Waals surface area contributed by atoms with Gasteiger partial charge in [0, 0.05) is 23.6 Å². The molecule has 2 aromatic heterocycles. The van der Waals surface area contributed by atoms with Crippen LogP contribution in [0.15, 0.2) is 114 Å². The van der Waals surface area contributed by atoms with Crippen molar-refractivity contribution in [2.24, 2.45) is 5.10 Å². The lowest BCUT2D eigenvalue weighted by Gasteiger charge is -2.11. The zero-order chi connectivity index (χ0) is 27.7. The molecule has 0 saturated carbocycles. The second-order valence-corrected chi connectivity index (χ2v) is 9.72. The first kappa shape index (κ1) is 26.8. The summed E-state index contributed by atoms with van der Waals surface area (Å²) in [5.41, 5.74) is 8.26. The maximum atomic E-state index is 12.7. The highest BCUT2D eigenvalue weighted by atomic mass is 32.2. The molecule has 0 aliphatic rings. The summed E-state index contributed by atoms with van der Waals surface area (Å²) in [5.74, 6) is 1.28. The lowest BCUT2D eigenvalue weighted by molar-refractivity contribution is -0.118. The molecular formula is C31H28N6O2S. The Labute approximate surface area is 237 Å². The number of hydrazone groups is 1. The molecule has 200 valence electrons. The number of nitrogens with one attached hydrogen (secondary N) is 1. The van der Waals surface area contributed by atoms with Crippen LogP contribution in [0.2, 0.25) is 0 Å². The molecule has 3 aromatic carbocycles. The Balaban J connectivity index is 1.28. The van der Waals surface area contributed by atoms with Crippen molar-refractivity contribution >= 4 is 23.4 Å². The first-order valence-corrected chi connectivity index (χ1v) is 13.8. The van der Waals surface area contributed by atoms with Crippen molar-refractivity contribution < 1.29 is 9.53 Å². The average Bonchev–Trinajstić information content (AvgIpc) is 3.44. The van der Waals surface area contributed by atoms with Crippen LogP contribution in [0.3, 0.4) is 0 Å². The molecule has 5 aromatic rings. The molecule has 5 rings (SSSR count). The fraction of sp³-hybridized carbons (Fsp3) is 0.129. The number of hydrogen-bond donors (Lipinski definition) is 1. The summed E-state index contributed by atoms with van der Waals surface area (Å²) in [5, 5.41) is 13.7. The zero-order valence-electron chi connectivity index (χ0n) is 22.2. The predicted molar refractivity (Wildman–Crippen MR) is 159 cm³/mol. The molecule has 0 aliphatic carbocycles. The van der Waals surface area contributed by atoms with Gasteiger partial charge in [-0.15, -0.1) is 10.2 Å². The van der Waals surface area contributed by atoms with E-state index in [1.165, 1.54) is 11.8 Å². The fourth-order valence-corrected chi connectivity index (χ4v) is 4.79. The molecule has 0 bridgehead atoms. The summed E-state index contributed by atoms with van der Waals surface area (Å²) in [6.07, 6.45) is 3.45. The molecule has 9 heteroatoms. The highest BCUT2D eigenvalue weighted by molar-refractivity contribution is 7.99. The third-order valence-electron chi connectivity index (χ3n) is 6.05. The number of thioether (sulfide) groups is 1. The van der Waals surface area contributed by atoms with E-state index in [1.807, 2.05) is 85.1 Å². The normalized spacial score (nSPS) is 11.3. The van der Waals surface area contributed by atoms with Crippen molar-refractivity contribution in [1.82, 2.24) is 25.2 Å². The first-order valence-electron chi connectivity index (χ1n) is 12.8. The largest absolute Gasteiger partial charge is 0.494 e. The van der Waals surface area contributed by atoms with Crippen LogP contribution in [0, 0.1) is 0 Å². The summed E-state index contributed by atoms with van der Waals surface area (Å²) < 4.78 is 7.50. The summed E-state index contributed by atoms with van der Waals surface area (Å²) >= 11 is 1.28. The Morgan fingerprint density at radius 2 is 1.62 bits per heavy atom. The smallest absolute Gasteiger partial charge is 0.250 e. The molecule has 40 heavy (non-hydrogen) atoms. The van der Waals surface area contributed by atoms with Crippen molar-refractivity contribution in [3.63, 3.8) is 0 Å². The van der Waals surface area contributed by atoms with Gasteiger partial charge in [-0.25, -0.2) is 5.43 Å². The Morgan fingerprint density at radius 3 is 2.33 bits per heavy atom. The number of ether oxygens (including phenoxy) is 1. The van der Waals surface area contributed by atoms with Crippen molar-refractivity contribution in [2.75, 3.05) is 12.4 Å². The molecule has 0 fully saturated rings. The van der Waals surface area contributed by atoms with Gasteiger partial charge in [0.15, 0.2) is 11.0 Å². The van der Waals surface area contributed by atoms with Crippen LogP contribution in [-0.2, 0) is 4.79 Å². The van der Waals surface area contributed by atoms with E-state index < -0.39 is 0 Å². The minimum Gasteiger partial charge on any atom is -0.494 e. The van der Waals surface area contributed by atoms with Gasteiger partial charge in [0.1, 0.15) is 5.75 Å². The standard InChI is InChI=1S/C31H28N6O2S/c1-3-39-28-17-15-27(16-18-28)37-30(26-10-7-19-32-20-26)35-36-31(37)40-21-29(38)34-33-22(2)23-11-13-25(14-12-23)24-8-5-4-6-9-24/h4-20H,3,21H2,1-2H3,(H,34,38). The van der Waals surface area contributed by atoms with Gasteiger partial charge in [-0.05, 0) is 66.9 Å². The van der Waals surface area contributed by atoms with Crippen LogP contribution >= 0.6 is 11.8 Å². The Morgan fingerprint density at radius 1 is 0.900 bits per heavy atom. The lowest BCUT2D eigenvalue weighted by atomic mass is 10.0. The number of hydrogen-bond acceptors (Lipinski definition) is 7. The van der Waals surface area contributed by atoms with E-state index in [0.717, 1.165) is 39.4 Å². The third kappa shape index (κ3) is 6.44. The first-order chi connectivity index (χ1) is 19.6. The van der Waals surface area contributed by atoms with Gasteiger partial charge in [-0.3, -0.25) is 14.3 Å². The highest BCUT2D eigenvalue weighted by Gasteiger charge is 2.17. The number of benzene rings is 3. The minimum absolute atomic E-state index is 0.117. The molecule has 0 spiro atoms. The van der Waals surface area contributed by atoms with Crippen molar-refractivity contribution in [3.05, 3.63) is 109 Å². The van der Waals surface area contributed by atoms with E-state index >= 15 is 0 Å². The van der Waals surface area contributed by atoms with E-state index in [1.54, 1.807) is 12.4 Å². The van der Waals surface area contributed by atoms with Gasteiger partial charge in [0.25, 0.3) is 5.91 Å². The maximum Gasteiger partial charge on any atom is 0.250 e. The highest BCUT2D eigenvalue weighted by Crippen LogP contribution is 2.28. The summed E-state index contributed by atoms with van der Waals surface area (Å²) in [6.45, 7) is 4.40. The van der Waals surface area contributed by atoms with Crippen LogP contribution < -0.4 is 10.2 Å². The number of carbonyl (C=O) groups is 1. The minimum atomic E-state index is -0.241.